The minimum Gasteiger partial charge on any atom is -0.508 e. The molecule has 10 nitrogen and oxygen atoms in total. The molecule has 2 aromatic heterocycles. The Hall–Kier alpha value is -4.54. The van der Waals surface area contributed by atoms with Crippen molar-refractivity contribution in [3.05, 3.63) is 77.8 Å². The van der Waals surface area contributed by atoms with Crippen molar-refractivity contribution in [1.82, 2.24) is 25.5 Å². The largest absolute Gasteiger partial charge is 0.508 e. The topological polar surface area (TPSA) is 126 Å². The number of aryl methyl sites for hydroxylation is 1. The minimum atomic E-state index is -1.09. The maximum Gasteiger partial charge on any atom is 0.251 e. The van der Waals surface area contributed by atoms with Crippen LogP contribution in [0, 0.1) is 12.7 Å². The van der Waals surface area contributed by atoms with Gasteiger partial charge in [-0.1, -0.05) is 25.0 Å². The molecular formula is C27H27FN6O4. The summed E-state index contributed by atoms with van der Waals surface area (Å²) in [6.07, 6.45) is 3.75. The summed E-state index contributed by atoms with van der Waals surface area (Å²) < 4.78 is 19.3. The molecule has 1 atom stereocenters. The van der Waals surface area contributed by atoms with Crippen molar-refractivity contribution in [2.24, 2.45) is 0 Å². The molecule has 2 amide bonds. The number of hydrogen-bond donors (Lipinski definition) is 2. The first-order valence-electron chi connectivity index (χ1n) is 12.4. The molecule has 1 aliphatic rings. The summed E-state index contributed by atoms with van der Waals surface area (Å²) in [5, 5.41) is 25.1. The summed E-state index contributed by atoms with van der Waals surface area (Å²) in [4.78, 5) is 30.0. The van der Waals surface area contributed by atoms with Crippen LogP contribution in [0.25, 0.3) is 11.6 Å². The molecular weight excluding hydrogens is 491 g/mol. The minimum absolute atomic E-state index is 0.00331. The normalized spacial score (nSPS) is 14.4. The van der Waals surface area contributed by atoms with Gasteiger partial charge in [0.15, 0.2) is 5.76 Å². The van der Waals surface area contributed by atoms with Gasteiger partial charge in [-0.05, 0) is 79.1 Å². The van der Waals surface area contributed by atoms with Gasteiger partial charge < -0.3 is 14.8 Å². The van der Waals surface area contributed by atoms with Crippen LogP contribution in [0.1, 0.15) is 43.0 Å². The summed E-state index contributed by atoms with van der Waals surface area (Å²) in [5.74, 6) is -0.0398. The van der Waals surface area contributed by atoms with Crippen molar-refractivity contribution in [2.45, 2.75) is 51.2 Å². The smallest absolute Gasteiger partial charge is 0.251 e. The van der Waals surface area contributed by atoms with E-state index in [9.17, 15) is 19.1 Å². The fourth-order valence-electron chi connectivity index (χ4n) is 4.62. The Morgan fingerprint density at radius 1 is 1.11 bits per heavy atom. The van der Waals surface area contributed by atoms with E-state index in [1.54, 1.807) is 31.2 Å². The highest BCUT2D eigenvalue weighted by molar-refractivity contribution is 6.01. The van der Waals surface area contributed by atoms with E-state index in [1.807, 2.05) is 0 Å². The zero-order valence-electron chi connectivity index (χ0n) is 20.7. The second-order valence-electron chi connectivity index (χ2n) is 9.28. The van der Waals surface area contributed by atoms with Gasteiger partial charge in [0.1, 0.15) is 29.9 Å². The van der Waals surface area contributed by atoms with Gasteiger partial charge in [-0.3, -0.25) is 14.5 Å². The molecule has 5 rings (SSSR count). The monoisotopic (exact) mass is 518 g/mol. The molecule has 0 radical (unpaired) electrons. The van der Waals surface area contributed by atoms with Crippen molar-refractivity contribution < 1.29 is 23.5 Å². The average molecular weight is 519 g/mol. The maximum atomic E-state index is 13.8. The number of nitrogens with zero attached hydrogens (tertiary/aromatic N) is 5. The number of rotatable bonds is 8. The molecule has 0 bridgehead atoms. The van der Waals surface area contributed by atoms with E-state index in [0.717, 1.165) is 30.5 Å². The Labute approximate surface area is 218 Å². The molecule has 4 aromatic rings. The van der Waals surface area contributed by atoms with E-state index in [-0.39, 0.29) is 30.1 Å². The Bertz CT molecular complexity index is 1410. The van der Waals surface area contributed by atoms with Crippen LogP contribution in [-0.4, -0.2) is 43.2 Å². The van der Waals surface area contributed by atoms with Gasteiger partial charge in [0, 0.05) is 11.7 Å². The van der Waals surface area contributed by atoms with Gasteiger partial charge in [0.05, 0.1) is 0 Å². The summed E-state index contributed by atoms with van der Waals surface area (Å²) >= 11 is 0. The first-order valence-corrected chi connectivity index (χ1v) is 12.4. The van der Waals surface area contributed by atoms with Crippen LogP contribution in [0.3, 0.4) is 0 Å². The Morgan fingerprint density at radius 2 is 1.82 bits per heavy atom. The molecule has 1 aliphatic carbocycles. The molecule has 2 aromatic carbocycles. The summed E-state index contributed by atoms with van der Waals surface area (Å²) in [6, 6.07) is 13.8. The standard InChI is InChI=1S/C27H27FN6O4/c1-17-6-15-23(38-17)26-30-32-33(31-26)16-24(36)34(21-11-9-19(28)10-12-21)25(18-7-13-22(35)14-8-18)27(37)29-20-4-2-3-5-20/h6-15,20,25,35H,2-5,16H2,1H3,(H,29,37). The SMILES string of the molecule is Cc1ccc(-c2nnn(CC(=O)N(c3ccc(F)cc3)C(C(=O)NC3CCCC3)c3ccc(O)cc3)n2)o1. The number of phenols is 1. The highest BCUT2D eigenvalue weighted by atomic mass is 19.1. The zero-order chi connectivity index (χ0) is 26.6. The van der Waals surface area contributed by atoms with Crippen LogP contribution in [0.2, 0.25) is 0 Å². The molecule has 196 valence electrons. The second kappa shape index (κ2) is 10.8. The lowest BCUT2D eigenvalue weighted by molar-refractivity contribution is -0.127. The number of hydrogen-bond acceptors (Lipinski definition) is 7. The first-order chi connectivity index (χ1) is 18.4. The number of phenolic OH excluding ortho intramolecular Hbond substituents is 1. The summed E-state index contributed by atoms with van der Waals surface area (Å²) in [7, 11) is 0. The second-order valence-corrected chi connectivity index (χ2v) is 9.28. The zero-order valence-corrected chi connectivity index (χ0v) is 20.7. The molecule has 0 saturated heterocycles. The van der Waals surface area contributed by atoms with Crippen LogP contribution in [0.5, 0.6) is 5.75 Å². The Balaban J connectivity index is 1.50. The lowest BCUT2D eigenvalue weighted by atomic mass is 10.0. The number of carbonyl (C=O) groups is 2. The van der Waals surface area contributed by atoms with E-state index in [1.165, 1.54) is 41.3 Å². The number of halogens is 1. The summed E-state index contributed by atoms with van der Waals surface area (Å²) in [5.41, 5.74) is 0.798. The highest BCUT2D eigenvalue weighted by Gasteiger charge is 2.35. The number of aromatic hydroxyl groups is 1. The van der Waals surface area contributed by atoms with Crippen LogP contribution in [-0.2, 0) is 16.1 Å². The number of tetrazole rings is 1. The van der Waals surface area contributed by atoms with Gasteiger partial charge in [-0.25, -0.2) is 4.39 Å². The molecule has 11 heteroatoms. The van der Waals surface area contributed by atoms with Gasteiger partial charge in [0.2, 0.25) is 11.7 Å². The van der Waals surface area contributed by atoms with E-state index >= 15 is 0 Å². The number of carbonyl (C=O) groups excluding carboxylic acids is 2. The third-order valence-electron chi connectivity index (χ3n) is 6.48. The van der Waals surface area contributed by atoms with Crippen molar-refractivity contribution in [3.8, 4) is 17.3 Å². The number of amides is 2. The molecule has 1 fully saturated rings. The highest BCUT2D eigenvalue weighted by Crippen LogP contribution is 2.31. The predicted octanol–water partition coefficient (Wildman–Crippen LogP) is 3.92. The number of anilines is 1. The van der Waals surface area contributed by atoms with Crippen molar-refractivity contribution >= 4 is 17.5 Å². The van der Waals surface area contributed by atoms with E-state index in [4.69, 9.17) is 4.42 Å². The van der Waals surface area contributed by atoms with Crippen LogP contribution in [0.15, 0.2) is 65.1 Å². The molecule has 2 N–H and O–H groups in total. The lowest BCUT2D eigenvalue weighted by Gasteiger charge is -2.32. The maximum absolute atomic E-state index is 13.8. The van der Waals surface area contributed by atoms with Crippen LogP contribution >= 0.6 is 0 Å². The van der Waals surface area contributed by atoms with Gasteiger partial charge in [-0.2, -0.15) is 4.80 Å². The molecule has 2 heterocycles. The lowest BCUT2D eigenvalue weighted by Crippen LogP contribution is -2.47. The molecule has 1 saturated carbocycles. The fourth-order valence-corrected chi connectivity index (χ4v) is 4.62. The Kier molecular flexibility index (Phi) is 7.16. The van der Waals surface area contributed by atoms with Crippen molar-refractivity contribution in [2.75, 3.05) is 4.90 Å². The number of furan rings is 1. The van der Waals surface area contributed by atoms with E-state index < -0.39 is 17.8 Å². The number of benzene rings is 2. The summed E-state index contributed by atoms with van der Waals surface area (Å²) in [6.45, 7) is 1.45. The average Bonchev–Trinajstić information content (AvgIpc) is 3.67. The third-order valence-corrected chi connectivity index (χ3v) is 6.48. The molecule has 0 spiro atoms. The predicted molar refractivity (Wildman–Crippen MR) is 135 cm³/mol. The van der Waals surface area contributed by atoms with Crippen LogP contribution < -0.4 is 10.2 Å². The quantitative estimate of drug-likeness (QED) is 0.362. The van der Waals surface area contributed by atoms with Crippen molar-refractivity contribution in [3.63, 3.8) is 0 Å². The van der Waals surface area contributed by atoms with Gasteiger partial charge >= 0.3 is 0 Å². The van der Waals surface area contributed by atoms with E-state index in [2.05, 4.69) is 20.7 Å². The van der Waals surface area contributed by atoms with Crippen LogP contribution in [0.4, 0.5) is 10.1 Å². The third kappa shape index (κ3) is 5.56. The number of aromatic nitrogens is 4. The van der Waals surface area contributed by atoms with Gasteiger partial charge in [0.25, 0.3) is 5.91 Å². The first kappa shape index (κ1) is 25.1. The fraction of sp³-hybridized carbons (Fsp3) is 0.296. The molecule has 38 heavy (non-hydrogen) atoms. The Morgan fingerprint density at radius 3 is 2.47 bits per heavy atom. The number of nitrogens with one attached hydrogen (secondary N) is 1. The van der Waals surface area contributed by atoms with E-state index in [0.29, 0.717) is 22.8 Å². The molecule has 1 unspecified atom stereocenters. The van der Waals surface area contributed by atoms with Gasteiger partial charge in [-0.15, -0.1) is 10.2 Å². The molecule has 0 aliphatic heterocycles. The van der Waals surface area contributed by atoms with Crippen molar-refractivity contribution in [1.29, 1.82) is 0 Å².